The Bertz CT molecular complexity index is 466. The van der Waals surface area contributed by atoms with Crippen molar-refractivity contribution in [1.29, 1.82) is 0 Å². The number of furan rings is 1. The first-order valence-corrected chi connectivity index (χ1v) is 6.38. The van der Waals surface area contributed by atoms with Gasteiger partial charge in [-0.1, -0.05) is 13.0 Å². The molecule has 6 heteroatoms. The van der Waals surface area contributed by atoms with Gasteiger partial charge in [0.05, 0.1) is 25.0 Å². The summed E-state index contributed by atoms with van der Waals surface area (Å²) in [5.74, 6) is -1.07. The number of carbonyl (C=O) groups excluding carboxylic acids is 1. The largest absolute Gasteiger partial charge is 0.480 e. The van der Waals surface area contributed by atoms with Crippen LogP contribution in [0, 0.1) is 0 Å². The third kappa shape index (κ3) is 4.55. The molecular weight excluding hydrogens is 262 g/mol. The molecule has 2 N–H and O–H groups in total. The van der Waals surface area contributed by atoms with Gasteiger partial charge in [0, 0.05) is 6.42 Å². The molecule has 0 aliphatic rings. The lowest BCUT2D eigenvalue weighted by molar-refractivity contribution is -0.140. The van der Waals surface area contributed by atoms with Crippen molar-refractivity contribution in [3.05, 3.63) is 36.3 Å². The zero-order chi connectivity index (χ0) is 15.0. The van der Waals surface area contributed by atoms with E-state index in [0.29, 0.717) is 17.7 Å². The van der Waals surface area contributed by atoms with Crippen molar-refractivity contribution >= 4 is 11.9 Å². The number of carboxylic acid groups (broad SMARTS) is 1. The van der Waals surface area contributed by atoms with E-state index in [1.165, 1.54) is 18.4 Å². The van der Waals surface area contributed by atoms with Gasteiger partial charge in [-0.15, -0.1) is 6.58 Å². The summed E-state index contributed by atoms with van der Waals surface area (Å²) < 4.78 is 10.3. The quantitative estimate of drug-likeness (QED) is 0.530. The monoisotopic (exact) mass is 281 g/mol. The number of hydrogen-bond acceptors (Lipinski definition) is 4. The topological polar surface area (TPSA) is 88.8 Å². The number of carboxylic acids is 1. The number of ether oxygens (including phenoxy) is 1. The van der Waals surface area contributed by atoms with Gasteiger partial charge in [-0.2, -0.15) is 0 Å². The molecule has 0 aliphatic heterocycles. The Morgan fingerprint density at radius 2 is 2.35 bits per heavy atom. The lowest BCUT2D eigenvalue weighted by atomic mass is 10.1. The molecule has 20 heavy (non-hydrogen) atoms. The van der Waals surface area contributed by atoms with E-state index in [4.69, 9.17) is 14.3 Å². The molecule has 0 spiro atoms. The maximum absolute atomic E-state index is 12.0. The molecule has 0 aliphatic carbocycles. The molecule has 110 valence electrons. The summed E-state index contributed by atoms with van der Waals surface area (Å²) in [6.45, 7) is 5.54. The summed E-state index contributed by atoms with van der Waals surface area (Å²) in [5.41, 5.74) is 0.363. The van der Waals surface area contributed by atoms with Crippen LogP contribution < -0.4 is 5.32 Å². The summed E-state index contributed by atoms with van der Waals surface area (Å²) in [6, 6.07) is 0.427. The van der Waals surface area contributed by atoms with Gasteiger partial charge in [-0.25, -0.2) is 4.79 Å². The molecule has 1 heterocycles. The molecule has 1 aromatic heterocycles. The Kier molecular flexibility index (Phi) is 6.52. The first-order valence-electron chi connectivity index (χ1n) is 6.38. The Hall–Kier alpha value is -2.08. The Labute approximate surface area is 117 Å². The lowest BCUT2D eigenvalue weighted by Crippen LogP contribution is -2.44. The molecule has 0 aromatic carbocycles. The SMILES string of the molecule is C=CCOCC(NC(=O)c1ccoc1CCC)C(=O)O. The molecule has 0 saturated heterocycles. The van der Waals surface area contributed by atoms with E-state index in [0.717, 1.165) is 6.42 Å². The minimum absolute atomic E-state index is 0.117. The second-order valence-electron chi connectivity index (χ2n) is 4.20. The van der Waals surface area contributed by atoms with Crippen molar-refractivity contribution in [2.24, 2.45) is 0 Å². The number of nitrogens with one attached hydrogen (secondary N) is 1. The molecule has 1 atom stereocenters. The number of aliphatic carboxylic acids is 1. The molecule has 1 unspecified atom stereocenters. The van der Waals surface area contributed by atoms with Crippen LogP contribution in [0.15, 0.2) is 29.4 Å². The smallest absolute Gasteiger partial charge is 0.328 e. The number of rotatable bonds is 9. The van der Waals surface area contributed by atoms with Crippen LogP contribution in [0.1, 0.15) is 29.5 Å². The molecule has 0 fully saturated rings. The Balaban J connectivity index is 2.67. The zero-order valence-electron chi connectivity index (χ0n) is 11.4. The standard InChI is InChI=1S/C14H19NO5/c1-3-5-12-10(6-8-20-12)13(16)15-11(14(17)18)9-19-7-4-2/h4,6,8,11H,2-3,5,7,9H2,1H3,(H,15,16)(H,17,18). The second-order valence-corrected chi connectivity index (χ2v) is 4.20. The molecule has 1 rings (SSSR count). The van der Waals surface area contributed by atoms with E-state index in [1.54, 1.807) is 0 Å². The van der Waals surface area contributed by atoms with E-state index >= 15 is 0 Å². The highest BCUT2D eigenvalue weighted by molar-refractivity contribution is 5.97. The van der Waals surface area contributed by atoms with Crippen LogP contribution >= 0.6 is 0 Å². The average molecular weight is 281 g/mol. The van der Waals surface area contributed by atoms with Crippen molar-refractivity contribution in [2.45, 2.75) is 25.8 Å². The summed E-state index contributed by atoms with van der Waals surface area (Å²) in [7, 11) is 0. The van der Waals surface area contributed by atoms with Gasteiger partial charge in [0.15, 0.2) is 6.04 Å². The highest BCUT2D eigenvalue weighted by Crippen LogP contribution is 2.12. The Morgan fingerprint density at radius 3 is 2.95 bits per heavy atom. The van der Waals surface area contributed by atoms with Gasteiger partial charge in [0.25, 0.3) is 5.91 Å². The maximum atomic E-state index is 12.0. The first-order chi connectivity index (χ1) is 9.60. The second kappa shape index (κ2) is 8.16. The third-order valence-electron chi connectivity index (χ3n) is 2.59. The molecular formula is C14H19NO5. The van der Waals surface area contributed by atoms with Crippen LogP contribution in [-0.4, -0.2) is 36.2 Å². The van der Waals surface area contributed by atoms with Gasteiger partial charge >= 0.3 is 5.97 Å². The summed E-state index contributed by atoms with van der Waals surface area (Å²) in [4.78, 5) is 23.1. The molecule has 1 amide bonds. The number of amides is 1. The van der Waals surface area contributed by atoms with Gasteiger partial charge in [-0.05, 0) is 12.5 Å². The van der Waals surface area contributed by atoms with Gasteiger partial charge in [0.2, 0.25) is 0 Å². The van der Waals surface area contributed by atoms with Crippen molar-refractivity contribution in [1.82, 2.24) is 5.32 Å². The van der Waals surface area contributed by atoms with Gasteiger partial charge < -0.3 is 19.6 Å². The average Bonchev–Trinajstić information content (AvgIpc) is 2.86. The van der Waals surface area contributed by atoms with E-state index in [-0.39, 0.29) is 13.2 Å². The highest BCUT2D eigenvalue weighted by Gasteiger charge is 2.23. The van der Waals surface area contributed by atoms with Crippen LogP contribution in [0.25, 0.3) is 0 Å². The van der Waals surface area contributed by atoms with Crippen LogP contribution in [0.2, 0.25) is 0 Å². The van der Waals surface area contributed by atoms with Crippen molar-refractivity contribution in [3.8, 4) is 0 Å². The number of carbonyl (C=O) groups is 2. The van der Waals surface area contributed by atoms with Gasteiger partial charge in [0.1, 0.15) is 5.76 Å². The molecule has 0 bridgehead atoms. The molecule has 6 nitrogen and oxygen atoms in total. The van der Waals surface area contributed by atoms with Gasteiger partial charge in [-0.3, -0.25) is 4.79 Å². The molecule has 1 aromatic rings. The molecule has 0 saturated carbocycles. The van der Waals surface area contributed by atoms with E-state index in [9.17, 15) is 9.59 Å². The predicted molar refractivity (Wildman–Crippen MR) is 72.6 cm³/mol. The van der Waals surface area contributed by atoms with E-state index in [2.05, 4.69) is 11.9 Å². The maximum Gasteiger partial charge on any atom is 0.328 e. The first kappa shape index (κ1) is 16.0. The van der Waals surface area contributed by atoms with Crippen LogP contribution in [0.5, 0.6) is 0 Å². The van der Waals surface area contributed by atoms with Crippen LogP contribution in [0.3, 0.4) is 0 Å². The molecule has 0 radical (unpaired) electrons. The number of aryl methyl sites for hydroxylation is 1. The lowest BCUT2D eigenvalue weighted by Gasteiger charge is -2.14. The normalized spacial score (nSPS) is 11.8. The van der Waals surface area contributed by atoms with Crippen molar-refractivity contribution in [3.63, 3.8) is 0 Å². The highest BCUT2D eigenvalue weighted by atomic mass is 16.5. The Morgan fingerprint density at radius 1 is 1.60 bits per heavy atom. The van der Waals surface area contributed by atoms with E-state index in [1.807, 2.05) is 6.92 Å². The summed E-state index contributed by atoms with van der Waals surface area (Å²) in [6.07, 6.45) is 4.39. The fraction of sp³-hybridized carbons (Fsp3) is 0.429. The third-order valence-corrected chi connectivity index (χ3v) is 2.59. The minimum atomic E-state index is -1.15. The summed E-state index contributed by atoms with van der Waals surface area (Å²) >= 11 is 0. The minimum Gasteiger partial charge on any atom is -0.480 e. The van der Waals surface area contributed by atoms with Crippen molar-refractivity contribution in [2.75, 3.05) is 13.2 Å². The number of hydrogen-bond donors (Lipinski definition) is 2. The summed E-state index contributed by atoms with van der Waals surface area (Å²) in [5, 5.41) is 11.5. The predicted octanol–water partition coefficient (Wildman–Crippen LogP) is 1.62. The zero-order valence-corrected chi connectivity index (χ0v) is 11.4. The van der Waals surface area contributed by atoms with Crippen LogP contribution in [0.4, 0.5) is 0 Å². The fourth-order valence-electron chi connectivity index (χ4n) is 1.64. The van der Waals surface area contributed by atoms with Crippen LogP contribution in [-0.2, 0) is 16.0 Å². The van der Waals surface area contributed by atoms with Crippen molar-refractivity contribution < 1.29 is 23.8 Å². The fourth-order valence-corrected chi connectivity index (χ4v) is 1.64. The van der Waals surface area contributed by atoms with E-state index < -0.39 is 17.9 Å².